The molecule has 0 aliphatic carbocycles. The topological polar surface area (TPSA) is 60.4 Å². The Balaban J connectivity index is 0.000000382. The highest BCUT2D eigenvalue weighted by atomic mass is 32.2. The van der Waals surface area contributed by atoms with E-state index in [1.54, 1.807) is 0 Å². The van der Waals surface area contributed by atoms with Crippen LogP contribution in [0.2, 0.25) is 0 Å². The molecule has 0 atom stereocenters. The average Bonchev–Trinajstić information content (AvgIpc) is 2.79. The van der Waals surface area contributed by atoms with Crippen molar-refractivity contribution in [3.63, 3.8) is 0 Å². The summed E-state index contributed by atoms with van der Waals surface area (Å²) >= 11 is 0. The molecular formula is C15H34N2O3S. The normalized spacial score (nSPS) is 17.6. The van der Waals surface area contributed by atoms with Crippen molar-refractivity contribution in [3.8, 4) is 0 Å². The first-order chi connectivity index (χ1) is 9.68. The van der Waals surface area contributed by atoms with Crippen LogP contribution < -0.4 is 0 Å². The fourth-order valence-electron chi connectivity index (χ4n) is 2.57. The van der Waals surface area contributed by atoms with E-state index >= 15 is 0 Å². The number of nitrogens with zero attached hydrogens (tertiary/aromatic N) is 2. The highest BCUT2D eigenvalue weighted by molar-refractivity contribution is 7.85. The molecule has 0 bridgehead atoms. The highest BCUT2D eigenvalue weighted by Gasteiger charge is 2.25. The molecule has 0 aromatic heterocycles. The molecule has 0 radical (unpaired) electrons. The van der Waals surface area contributed by atoms with Gasteiger partial charge in [-0.15, -0.1) is 0 Å². The third kappa shape index (κ3) is 13.2. The molecule has 1 aliphatic heterocycles. The largest absolute Gasteiger partial charge is 0.748 e. The molecule has 1 rings (SSSR count). The second-order valence-electron chi connectivity index (χ2n) is 6.62. The van der Waals surface area contributed by atoms with Crippen LogP contribution in [0.3, 0.4) is 0 Å². The Hall–Kier alpha value is -0.170. The minimum Gasteiger partial charge on any atom is -0.748 e. The van der Waals surface area contributed by atoms with Crippen molar-refractivity contribution < 1.29 is 17.5 Å². The van der Waals surface area contributed by atoms with Crippen LogP contribution in [0, 0.1) is 0 Å². The van der Waals surface area contributed by atoms with E-state index < -0.39 is 10.1 Å². The molecule has 0 saturated carbocycles. The van der Waals surface area contributed by atoms with Crippen LogP contribution in [0.1, 0.15) is 45.4 Å². The van der Waals surface area contributed by atoms with Gasteiger partial charge in [0, 0.05) is 18.6 Å². The lowest BCUT2D eigenvalue weighted by Crippen LogP contribution is -2.41. The number of unbranched alkanes of at least 4 members (excludes halogenated alkanes) is 2. The summed E-state index contributed by atoms with van der Waals surface area (Å²) in [4.78, 5) is 1.96. The molecule has 128 valence electrons. The summed E-state index contributed by atoms with van der Waals surface area (Å²) in [6.07, 6.45) is 6.91. The minimum atomic E-state index is -3.99. The summed E-state index contributed by atoms with van der Waals surface area (Å²) in [5.74, 6) is -0.235. The minimum absolute atomic E-state index is 0.235. The summed E-state index contributed by atoms with van der Waals surface area (Å²) in [5.41, 5.74) is 0. The Morgan fingerprint density at radius 3 is 2.10 bits per heavy atom. The van der Waals surface area contributed by atoms with Crippen LogP contribution in [-0.4, -0.2) is 75.4 Å². The Morgan fingerprint density at radius 2 is 1.67 bits per heavy atom. The first kappa shape index (κ1) is 20.8. The van der Waals surface area contributed by atoms with Crippen LogP contribution in [0.25, 0.3) is 0 Å². The van der Waals surface area contributed by atoms with Gasteiger partial charge >= 0.3 is 0 Å². The quantitative estimate of drug-likeness (QED) is 0.389. The fraction of sp³-hybridized carbons (Fsp3) is 1.00. The van der Waals surface area contributed by atoms with Crippen molar-refractivity contribution in [2.75, 3.05) is 53.1 Å². The molecule has 0 N–H and O–H groups in total. The second-order valence-corrected chi connectivity index (χ2v) is 8.15. The van der Waals surface area contributed by atoms with Gasteiger partial charge in [0.05, 0.1) is 36.8 Å². The van der Waals surface area contributed by atoms with E-state index in [1.165, 1.54) is 49.8 Å². The van der Waals surface area contributed by atoms with E-state index in [-0.39, 0.29) is 5.75 Å². The van der Waals surface area contributed by atoms with Gasteiger partial charge in [0.25, 0.3) is 0 Å². The predicted octanol–water partition coefficient (Wildman–Crippen LogP) is 1.90. The summed E-state index contributed by atoms with van der Waals surface area (Å²) in [6.45, 7) is 7.38. The van der Waals surface area contributed by atoms with Crippen LogP contribution in [-0.2, 0) is 10.1 Å². The molecule has 0 aromatic rings. The van der Waals surface area contributed by atoms with Crippen molar-refractivity contribution in [2.24, 2.45) is 0 Å². The van der Waals surface area contributed by atoms with Crippen molar-refractivity contribution in [3.05, 3.63) is 0 Å². The fourth-order valence-corrected chi connectivity index (χ4v) is 3.13. The van der Waals surface area contributed by atoms with Gasteiger partial charge in [-0.05, 0) is 39.9 Å². The zero-order valence-electron chi connectivity index (χ0n) is 14.3. The average molecular weight is 323 g/mol. The molecule has 0 aromatic carbocycles. The summed E-state index contributed by atoms with van der Waals surface area (Å²) < 4.78 is 31.7. The van der Waals surface area contributed by atoms with E-state index in [1.807, 2.05) is 19.0 Å². The maximum absolute atomic E-state index is 10.1. The highest BCUT2D eigenvalue weighted by Crippen LogP contribution is 2.16. The molecule has 0 amide bonds. The molecule has 1 saturated heterocycles. The Kier molecular flexibility index (Phi) is 10.5. The van der Waals surface area contributed by atoms with Gasteiger partial charge in [-0.1, -0.05) is 13.3 Å². The number of hydrogen-bond acceptors (Lipinski definition) is 4. The number of hydrogen-bond donors (Lipinski definition) is 0. The maximum atomic E-state index is 10.1. The monoisotopic (exact) mass is 322 g/mol. The van der Waals surface area contributed by atoms with E-state index in [0.29, 0.717) is 6.42 Å². The number of likely N-dealkylation sites (tertiary alicyclic amines) is 1. The van der Waals surface area contributed by atoms with Crippen LogP contribution in [0.15, 0.2) is 0 Å². The zero-order valence-corrected chi connectivity index (χ0v) is 15.1. The third-order valence-electron chi connectivity index (χ3n) is 3.95. The van der Waals surface area contributed by atoms with Gasteiger partial charge in [0.2, 0.25) is 0 Å². The third-order valence-corrected chi connectivity index (χ3v) is 4.74. The first-order valence-corrected chi connectivity index (χ1v) is 9.68. The summed E-state index contributed by atoms with van der Waals surface area (Å²) in [5, 5.41) is 0. The van der Waals surface area contributed by atoms with E-state index in [9.17, 15) is 13.0 Å². The Morgan fingerprint density at radius 1 is 1.10 bits per heavy atom. The Labute approximate surface area is 131 Å². The summed E-state index contributed by atoms with van der Waals surface area (Å²) in [6, 6.07) is 0. The van der Waals surface area contributed by atoms with Crippen LogP contribution in [0.5, 0.6) is 0 Å². The molecule has 1 heterocycles. The van der Waals surface area contributed by atoms with Gasteiger partial charge in [-0.3, -0.25) is 0 Å². The van der Waals surface area contributed by atoms with Gasteiger partial charge in [-0.25, -0.2) is 8.42 Å². The molecular weight excluding hydrogens is 288 g/mol. The van der Waals surface area contributed by atoms with Gasteiger partial charge in [-0.2, -0.15) is 0 Å². The zero-order chi connectivity index (χ0) is 16.4. The molecule has 6 heteroatoms. The number of quaternary nitrogens is 1. The maximum Gasteiger partial charge on any atom is 0.0945 e. The lowest BCUT2D eigenvalue weighted by atomic mass is 10.3. The van der Waals surface area contributed by atoms with Crippen molar-refractivity contribution in [1.29, 1.82) is 0 Å². The molecule has 0 unspecified atom stereocenters. The first-order valence-electron chi connectivity index (χ1n) is 8.10. The molecule has 21 heavy (non-hydrogen) atoms. The molecule has 1 aliphatic rings. The van der Waals surface area contributed by atoms with E-state index in [0.717, 1.165) is 13.0 Å². The molecule has 5 nitrogen and oxygen atoms in total. The van der Waals surface area contributed by atoms with Gasteiger partial charge in [0.1, 0.15) is 0 Å². The molecule has 1 fully saturated rings. The van der Waals surface area contributed by atoms with Crippen molar-refractivity contribution >= 4 is 10.1 Å². The smallest absolute Gasteiger partial charge is 0.0945 e. The predicted molar refractivity (Wildman–Crippen MR) is 87.3 cm³/mol. The van der Waals surface area contributed by atoms with Crippen molar-refractivity contribution in [2.45, 2.75) is 45.4 Å². The Bertz CT molecular complexity index is 350. The van der Waals surface area contributed by atoms with E-state index in [2.05, 4.69) is 14.0 Å². The van der Waals surface area contributed by atoms with Gasteiger partial charge < -0.3 is 13.9 Å². The standard InChI is InChI=1S/C9H20N.C6H15NO3S/c1-3-4-7-10(2)8-5-6-9-10;1-7(2)5-3-4-6-11(8,9)10/h3-9H2,1-2H3;3-6H2,1-2H3,(H,8,9,10)/q+1;/p-1. The molecule has 0 spiro atoms. The van der Waals surface area contributed by atoms with E-state index in [4.69, 9.17) is 0 Å². The lowest BCUT2D eigenvalue weighted by Gasteiger charge is -2.28. The van der Waals surface area contributed by atoms with Crippen molar-refractivity contribution in [1.82, 2.24) is 4.90 Å². The van der Waals surface area contributed by atoms with Crippen LogP contribution >= 0.6 is 0 Å². The van der Waals surface area contributed by atoms with Gasteiger partial charge in [0.15, 0.2) is 0 Å². The lowest BCUT2D eigenvalue weighted by molar-refractivity contribution is -0.897. The van der Waals surface area contributed by atoms with Crippen LogP contribution in [0.4, 0.5) is 0 Å². The summed E-state index contributed by atoms with van der Waals surface area (Å²) in [7, 11) is 2.23. The number of rotatable bonds is 8. The SMILES string of the molecule is CCCC[N+]1(C)CCCC1.CN(C)CCCCS(=O)(=O)[O-]. The second kappa shape index (κ2) is 10.5.